The molecule has 0 unspecified atom stereocenters. The van der Waals surface area contributed by atoms with Gasteiger partial charge in [0.1, 0.15) is 0 Å². The lowest BCUT2D eigenvalue weighted by Gasteiger charge is -2.26. The lowest BCUT2D eigenvalue weighted by molar-refractivity contribution is 0.0456. The van der Waals surface area contributed by atoms with Crippen LogP contribution >= 0.6 is 11.6 Å². The van der Waals surface area contributed by atoms with E-state index in [4.69, 9.17) is 21.9 Å². The summed E-state index contributed by atoms with van der Waals surface area (Å²) in [5.41, 5.74) is 13.4. The smallest absolute Gasteiger partial charge is 0.0886 e. The van der Waals surface area contributed by atoms with E-state index in [1.54, 1.807) is 0 Å². The molecule has 2 aromatic carbocycles. The topological polar surface area (TPSA) is 58.0 Å². The Labute approximate surface area is 173 Å². The lowest BCUT2D eigenvalue weighted by atomic mass is 9.79. The van der Waals surface area contributed by atoms with Crippen molar-refractivity contribution in [3.05, 3.63) is 80.2 Å². The summed E-state index contributed by atoms with van der Waals surface area (Å²) in [6.45, 7) is 14.0. The van der Waals surface area contributed by atoms with Gasteiger partial charge in [-0.3, -0.25) is 0 Å². The van der Waals surface area contributed by atoms with Gasteiger partial charge < -0.3 is 4.74 Å². The summed E-state index contributed by atoms with van der Waals surface area (Å²) in [5.74, 6) is 0. The lowest BCUT2D eigenvalue weighted by Crippen LogP contribution is -2.17. The molecule has 0 heterocycles. The van der Waals surface area contributed by atoms with Crippen LogP contribution in [0.1, 0.15) is 69.9 Å². The average Bonchev–Trinajstić information content (AvgIpc) is 2.60. The molecule has 0 fully saturated rings. The molecule has 0 bridgehead atoms. The van der Waals surface area contributed by atoms with E-state index in [0.29, 0.717) is 11.6 Å². The molecule has 2 aromatic rings. The van der Waals surface area contributed by atoms with Crippen molar-refractivity contribution in [2.75, 3.05) is 6.54 Å². The maximum atomic E-state index is 8.73. The Morgan fingerprint density at radius 1 is 1.00 bits per heavy atom. The molecule has 5 heteroatoms. The van der Waals surface area contributed by atoms with Crippen molar-refractivity contribution >= 4 is 11.6 Å². The zero-order valence-electron chi connectivity index (χ0n) is 17.7. The van der Waals surface area contributed by atoms with E-state index in [-0.39, 0.29) is 23.5 Å². The first kappa shape index (κ1) is 22.3. The minimum atomic E-state index is -0.342. The Kier molecular flexibility index (Phi) is 7.16. The third-order valence-corrected chi connectivity index (χ3v) is 4.94. The molecule has 0 aliphatic carbocycles. The Morgan fingerprint density at radius 3 is 2.11 bits per heavy atom. The Bertz CT molecular complexity index is 827. The van der Waals surface area contributed by atoms with Gasteiger partial charge in [0.05, 0.1) is 19.3 Å². The highest BCUT2D eigenvalue weighted by atomic mass is 35.5. The van der Waals surface area contributed by atoms with E-state index in [9.17, 15) is 0 Å². The van der Waals surface area contributed by atoms with Crippen LogP contribution in [0.25, 0.3) is 10.4 Å². The zero-order valence-corrected chi connectivity index (χ0v) is 18.4. The molecule has 4 nitrogen and oxygen atoms in total. The van der Waals surface area contributed by atoms with E-state index in [2.05, 4.69) is 69.8 Å². The summed E-state index contributed by atoms with van der Waals surface area (Å²) in [7, 11) is 0. The molecule has 0 saturated heterocycles. The molecule has 28 heavy (non-hydrogen) atoms. The molecule has 0 radical (unpaired) electrons. The molecule has 0 amide bonds. The molecule has 0 aliphatic rings. The molecule has 2 rings (SSSR count). The number of nitrogens with zero attached hydrogens (tertiary/aromatic N) is 3. The van der Waals surface area contributed by atoms with Crippen LogP contribution in [0.4, 0.5) is 0 Å². The second kappa shape index (κ2) is 9.00. The van der Waals surface area contributed by atoms with Crippen LogP contribution < -0.4 is 0 Å². The first-order valence-electron chi connectivity index (χ1n) is 9.53. The van der Waals surface area contributed by atoms with Gasteiger partial charge in [-0.15, -0.1) is 0 Å². The average molecular weight is 400 g/mol. The third-order valence-electron chi connectivity index (χ3n) is 4.71. The van der Waals surface area contributed by atoms with Crippen molar-refractivity contribution in [3.63, 3.8) is 0 Å². The maximum Gasteiger partial charge on any atom is 0.0886 e. The fraction of sp³-hybridized carbons (Fsp3) is 0.478. The molecular weight excluding hydrogens is 370 g/mol. The zero-order chi connectivity index (χ0) is 20.9. The van der Waals surface area contributed by atoms with E-state index >= 15 is 0 Å². The highest BCUT2D eigenvalue weighted by molar-refractivity contribution is 6.30. The highest BCUT2D eigenvalue weighted by Gasteiger charge is 2.21. The normalized spacial score (nSPS) is 13.1. The van der Waals surface area contributed by atoms with Crippen LogP contribution in [0, 0.1) is 0 Å². The molecule has 0 aromatic heterocycles. The van der Waals surface area contributed by atoms with Crippen LogP contribution in [-0.2, 0) is 22.2 Å². The summed E-state index contributed by atoms with van der Waals surface area (Å²) in [6.07, 6.45) is -0.342. The van der Waals surface area contributed by atoms with Crippen molar-refractivity contribution in [1.82, 2.24) is 0 Å². The van der Waals surface area contributed by atoms with Gasteiger partial charge in [-0.2, -0.15) is 0 Å². The first-order valence-corrected chi connectivity index (χ1v) is 9.91. The standard InChI is InChI=1S/C23H30ClN3O/c1-22(2,3)18-10-16(11-19(13-18)23(4,5)6)15-28-21(14-26-27-25)17-8-7-9-20(24)12-17/h7-13,21H,14-15H2,1-6H3/t21-/m0/s1. The molecule has 0 spiro atoms. The Morgan fingerprint density at radius 2 is 1.61 bits per heavy atom. The van der Waals surface area contributed by atoms with Crippen LogP contribution in [0.15, 0.2) is 47.6 Å². The number of ether oxygens (including phenoxy) is 1. The largest absolute Gasteiger partial charge is 0.369 e. The number of hydrogen-bond donors (Lipinski definition) is 0. The van der Waals surface area contributed by atoms with Crippen molar-refractivity contribution in [2.24, 2.45) is 5.11 Å². The van der Waals surface area contributed by atoms with Crippen molar-refractivity contribution < 1.29 is 4.74 Å². The number of hydrogen-bond acceptors (Lipinski definition) is 2. The summed E-state index contributed by atoms with van der Waals surface area (Å²) in [6, 6.07) is 14.2. The van der Waals surface area contributed by atoms with Crippen LogP contribution in [0.5, 0.6) is 0 Å². The molecule has 0 aliphatic heterocycles. The first-order chi connectivity index (χ1) is 13.0. The monoisotopic (exact) mass is 399 g/mol. The molecule has 0 saturated carbocycles. The van der Waals surface area contributed by atoms with Gasteiger partial charge >= 0.3 is 0 Å². The summed E-state index contributed by atoms with van der Waals surface area (Å²) in [4.78, 5) is 2.88. The summed E-state index contributed by atoms with van der Waals surface area (Å²) >= 11 is 6.12. The molecule has 0 N–H and O–H groups in total. The molecule has 150 valence electrons. The van der Waals surface area contributed by atoms with Gasteiger partial charge in [-0.25, -0.2) is 0 Å². The van der Waals surface area contributed by atoms with Gasteiger partial charge in [-0.1, -0.05) is 88.6 Å². The highest BCUT2D eigenvalue weighted by Crippen LogP contribution is 2.31. The third kappa shape index (κ3) is 6.27. The van der Waals surface area contributed by atoms with Gasteiger partial charge in [0.2, 0.25) is 0 Å². The summed E-state index contributed by atoms with van der Waals surface area (Å²) in [5, 5.41) is 4.35. The predicted molar refractivity (Wildman–Crippen MR) is 117 cm³/mol. The maximum absolute atomic E-state index is 8.73. The second-order valence-electron chi connectivity index (χ2n) is 9.19. The number of rotatable bonds is 6. The van der Waals surface area contributed by atoms with E-state index in [1.807, 2.05) is 24.3 Å². The quantitative estimate of drug-likeness (QED) is 0.281. The Hall–Kier alpha value is -2.00. The van der Waals surface area contributed by atoms with Crippen LogP contribution in [0.2, 0.25) is 5.02 Å². The number of azide groups is 1. The SMILES string of the molecule is CC(C)(C)c1cc(CO[C@@H](CN=[N+]=[N-])c2cccc(Cl)c2)cc(C(C)(C)C)c1. The molecular formula is C23H30ClN3O. The molecule has 1 atom stereocenters. The summed E-state index contributed by atoms with van der Waals surface area (Å²) < 4.78 is 6.18. The minimum absolute atomic E-state index is 0.0491. The van der Waals surface area contributed by atoms with Gasteiger partial charge in [0, 0.05) is 9.93 Å². The predicted octanol–water partition coefficient (Wildman–Crippen LogP) is 7.50. The van der Waals surface area contributed by atoms with E-state index in [1.165, 1.54) is 11.1 Å². The van der Waals surface area contributed by atoms with Gasteiger partial charge in [0.25, 0.3) is 0 Å². The van der Waals surface area contributed by atoms with E-state index < -0.39 is 0 Å². The number of halogens is 1. The van der Waals surface area contributed by atoms with Crippen LogP contribution in [0.3, 0.4) is 0 Å². The second-order valence-corrected chi connectivity index (χ2v) is 9.62. The Balaban J connectivity index is 2.32. The fourth-order valence-corrected chi connectivity index (χ4v) is 3.11. The van der Waals surface area contributed by atoms with Gasteiger partial charge in [0.15, 0.2) is 0 Å². The van der Waals surface area contributed by atoms with Crippen molar-refractivity contribution in [1.29, 1.82) is 0 Å². The van der Waals surface area contributed by atoms with Crippen molar-refractivity contribution in [3.8, 4) is 0 Å². The fourth-order valence-electron chi connectivity index (χ4n) is 2.91. The van der Waals surface area contributed by atoms with E-state index in [0.717, 1.165) is 11.1 Å². The number of benzene rings is 2. The van der Waals surface area contributed by atoms with Crippen molar-refractivity contribution in [2.45, 2.75) is 65.1 Å². The van der Waals surface area contributed by atoms with Crippen LogP contribution in [-0.4, -0.2) is 6.54 Å². The van der Waals surface area contributed by atoms with Gasteiger partial charge in [-0.05, 0) is 50.7 Å². The minimum Gasteiger partial charge on any atom is -0.369 e.